The highest BCUT2D eigenvalue weighted by molar-refractivity contribution is 6.22. The van der Waals surface area contributed by atoms with Crippen molar-refractivity contribution in [3.05, 3.63) is 89.5 Å². The van der Waals surface area contributed by atoms with E-state index in [9.17, 15) is 9.59 Å². The first-order valence-corrected chi connectivity index (χ1v) is 8.55. The van der Waals surface area contributed by atoms with E-state index in [0.717, 1.165) is 16.7 Å². The van der Waals surface area contributed by atoms with Gasteiger partial charge >= 0.3 is 0 Å². The number of hydrogen-bond acceptors (Lipinski definition) is 2. The summed E-state index contributed by atoms with van der Waals surface area (Å²) in [5, 5.41) is 0. The zero-order valence-electron chi connectivity index (χ0n) is 14.7. The number of benzene rings is 2. The molecule has 126 valence electrons. The highest BCUT2D eigenvalue weighted by atomic mass is 16.1. The fourth-order valence-corrected chi connectivity index (χ4v) is 3.22. The fourth-order valence-electron chi connectivity index (χ4n) is 3.22. The Labute approximate surface area is 148 Å². The number of ketones is 2. The van der Waals surface area contributed by atoms with E-state index in [1.165, 1.54) is 0 Å². The van der Waals surface area contributed by atoms with Gasteiger partial charge in [-0.05, 0) is 28.2 Å². The molecule has 0 spiro atoms. The monoisotopic (exact) mass is 330 g/mol. The Hall–Kier alpha value is -2.74. The predicted molar refractivity (Wildman–Crippen MR) is 101 cm³/mol. The number of hydrogen-bond donors (Lipinski definition) is 0. The Bertz CT molecular complexity index is 777. The van der Waals surface area contributed by atoms with E-state index in [0.29, 0.717) is 18.4 Å². The van der Waals surface area contributed by atoms with Gasteiger partial charge < -0.3 is 0 Å². The van der Waals surface area contributed by atoms with Crippen LogP contribution in [0.2, 0.25) is 0 Å². The van der Waals surface area contributed by atoms with Crippen molar-refractivity contribution in [1.82, 2.24) is 0 Å². The van der Waals surface area contributed by atoms with E-state index in [4.69, 9.17) is 0 Å². The van der Waals surface area contributed by atoms with Crippen molar-refractivity contribution in [1.29, 1.82) is 0 Å². The first-order chi connectivity index (χ1) is 12.0. The third-order valence-electron chi connectivity index (χ3n) is 4.47. The largest absolute Gasteiger partial charge is 0.294 e. The molecule has 0 bridgehead atoms. The summed E-state index contributed by atoms with van der Waals surface area (Å²) in [5.41, 5.74) is 3.20. The summed E-state index contributed by atoms with van der Waals surface area (Å²) in [4.78, 5) is 24.8. The highest BCUT2D eigenvalue weighted by Crippen LogP contribution is 2.34. The van der Waals surface area contributed by atoms with Gasteiger partial charge in [-0.15, -0.1) is 0 Å². The lowest BCUT2D eigenvalue weighted by Gasteiger charge is -2.28. The minimum Gasteiger partial charge on any atom is -0.294 e. The molecule has 0 heterocycles. The third kappa shape index (κ3) is 4.03. The lowest BCUT2D eigenvalue weighted by Crippen LogP contribution is -2.31. The van der Waals surface area contributed by atoms with Gasteiger partial charge in [0.15, 0.2) is 11.6 Å². The summed E-state index contributed by atoms with van der Waals surface area (Å²) >= 11 is 0. The van der Waals surface area contributed by atoms with Crippen molar-refractivity contribution in [3.8, 4) is 0 Å². The van der Waals surface area contributed by atoms with Crippen LogP contribution in [0.5, 0.6) is 0 Å². The number of carbonyl (C=O) groups is 2. The number of carbonyl (C=O) groups excluding carboxylic acids is 2. The van der Waals surface area contributed by atoms with E-state index < -0.39 is 0 Å². The molecule has 0 N–H and O–H groups in total. The van der Waals surface area contributed by atoms with Crippen LogP contribution in [0, 0.1) is 5.41 Å². The third-order valence-corrected chi connectivity index (χ3v) is 4.47. The molecule has 0 atom stereocenters. The average Bonchev–Trinajstić information content (AvgIpc) is 2.58. The molecule has 25 heavy (non-hydrogen) atoms. The topological polar surface area (TPSA) is 34.1 Å². The normalized spacial score (nSPS) is 16.5. The lowest BCUT2D eigenvalue weighted by molar-refractivity contribution is -0.127. The van der Waals surface area contributed by atoms with Crippen LogP contribution in [0.3, 0.4) is 0 Å². The smallest absolute Gasteiger partial charge is 0.166 e. The molecule has 3 rings (SSSR count). The minimum absolute atomic E-state index is 0.0574. The molecule has 0 aliphatic heterocycles. The zero-order valence-corrected chi connectivity index (χ0v) is 14.7. The molecule has 0 amide bonds. The van der Waals surface area contributed by atoms with Crippen LogP contribution < -0.4 is 0 Å². The average molecular weight is 330 g/mol. The SMILES string of the molecule is CC1(C)CC(=O)C(=CC=C(c2ccccc2)c2ccccc2)C(=O)C1. The number of rotatable bonds is 3. The second-order valence-electron chi connectivity index (χ2n) is 7.26. The van der Waals surface area contributed by atoms with Crippen LogP contribution in [0.25, 0.3) is 5.57 Å². The maximum Gasteiger partial charge on any atom is 0.166 e. The van der Waals surface area contributed by atoms with Gasteiger partial charge in [0, 0.05) is 12.8 Å². The molecular weight excluding hydrogens is 308 g/mol. The molecule has 1 saturated carbocycles. The summed E-state index contributed by atoms with van der Waals surface area (Å²) in [7, 11) is 0. The van der Waals surface area contributed by atoms with Crippen LogP contribution in [-0.2, 0) is 9.59 Å². The van der Waals surface area contributed by atoms with Gasteiger partial charge in [-0.1, -0.05) is 80.6 Å². The Morgan fingerprint density at radius 1 is 0.800 bits per heavy atom. The molecule has 0 aromatic heterocycles. The Balaban J connectivity index is 2.03. The first kappa shape index (κ1) is 17.1. The van der Waals surface area contributed by atoms with Crippen molar-refractivity contribution in [2.24, 2.45) is 5.41 Å². The van der Waals surface area contributed by atoms with E-state index in [-0.39, 0.29) is 17.0 Å². The van der Waals surface area contributed by atoms with Gasteiger partial charge in [-0.25, -0.2) is 0 Å². The second-order valence-corrected chi connectivity index (χ2v) is 7.26. The van der Waals surface area contributed by atoms with Gasteiger partial charge in [-0.3, -0.25) is 9.59 Å². The van der Waals surface area contributed by atoms with Crippen LogP contribution in [0.15, 0.2) is 78.4 Å². The summed E-state index contributed by atoms with van der Waals surface area (Å²) in [6, 6.07) is 20.0. The Morgan fingerprint density at radius 2 is 1.24 bits per heavy atom. The van der Waals surface area contributed by atoms with Gasteiger partial charge in [-0.2, -0.15) is 0 Å². The van der Waals surface area contributed by atoms with E-state index in [1.54, 1.807) is 6.08 Å². The molecule has 1 fully saturated rings. The molecule has 2 nitrogen and oxygen atoms in total. The first-order valence-electron chi connectivity index (χ1n) is 8.55. The molecule has 0 saturated heterocycles. The van der Waals surface area contributed by atoms with Crippen LogP contribution in [0.4, 0.5) is 0 Å². The van der Waals surface area contributed by atoms with Crippen LogP contribution in [-0.4, -0.2) is 11.6 Å². The molecule has 1 aliphatic carbocycles. The van der Waals surface area contributed by atoms with Gasteiger partial charge in [0.05, 0.1) is 5.57 Å². The summed E-state index contributed by atoms with van der Waals surface area (Å²) in [5.74, 6) is -0.115. The highest BCUT2D eigenvalue weighted by Gasteiger charge is 2.35. The fraction of sp³-hybridized carbons (Fsp3) is 0.217. The minimum atomic E-state index is -0.239. The zero-order chi connectivity index (χ0) is 17.9. The quantitative estimate of drug-likeness (QED) is 0.586. The van der Waals surface area contributed by atoms with Gasteiger partial charge in [0.1, 0.15) is 0 Å². The van der Waals surface area contributed by atoms with E-state index in [1.807, 2.05) is 80.6 Å². The lowest BCUT2D eigenvalue weighted by atomic mass is 9.74. The Morgan fingerprint density at radius 3 is 1.68 bits per heavy atom. The maximum atomic E-state index is 12.4. The molecular formula is C23H22O2. The second kappa shape index (κ2) is 7.02. The number of allylic oxidation sites excluding steroid dienone is 3. The van der Waals surface area contributed by atoms with E-state index >= 15 is 0 Å². The number of Topliss-reactive ketones (excluding diaryl/α,β-unsaturated/α-hetero) is 2. The van der Waals surface area contributed by atoms with Crippen molar-refractivity contribution < 1.29 is 9.59 Å². The standard InChI is InChI=1S/C23H22O2/c1-23(2)15-21(24)20(22(25)16-23)14-13-19(17-9-5-3-6-10-17)18-11-7-4-8-12-18/h3-14H,15-16H2,1-2H3. The molecule has 1 aliphatic rings. The van der Waals surface area contributed by atoms with Crippen molar-refractivity contribution in [3.63, 3.8) is 0 Å². The summed E-state index contributed by atoms with van der Waals surface area (Å²) in [6.07, 6.45) is 4.44. The molecule has 0 unspecified atom stereocenters. The van der Waals surface area contributed by atoms with Crippen molar-refractivity contribution >= 4 is 17.1 Å². The summed E-state index contributed by atoms with van der Waals surface area (Å²) < 4.78 is 0. The van der Waals surface area contributed by atoms with E-state index in [2.05, 4.69) is 0 Å². The maximum absolute atomic E-state index is 12.4. The van der Waals surface area contributed by atoms with Gasteiger partial charge in [0.25, 0.3) is 0 Å². The molecule has 2 aromatic carbocycles. The molecule has 2 aromatic rings. The van der Waals surface area contributed by atoms with Crippen LogP contribution in [0.1, 0.15) is 37.8 Å². The predicted octanol–water partition coefficient (Wildman–Crippen LogP) is 5.00. The van der Waals surface area contributed by atoms with Gasteiger partial charge in [0.2, 0.25) is 0 Å². The van der Waals surface area contributed by atoms with Crippen molar-refractivity contribution in [2.75, 3.05) is 0 Å². The summed E-state index contributed by atoms with van der Waals surface area (Å²) in [6.45, 7) is 3.93. The Kier molecular flexibility index (Phi) is 4.80. The molecule has 0 radical (unpaired) electrons. The van der Waals surface area contributed by atoms with Crippen LogP contribution >= 0.6 is 0 Å². The van der Waals surface area contributed by atoms with Crippen molar-refractivity contribution in [2.45, 2.75) is 26.7 Å². The molecule has 2 heteroatoms.